The molecule has 0 spiro atoms. The van der Waals surface area contributed by atoms with Gasteiger partial charge in [0.15, 0.2) is 32.3 Å². The van der Waals surface area contributed by atoms with Crippen molar-refractivity contribution in [3.63, 3.8) is 0 Å². The van der Waals surface area contributed by atoms with Crippen molar-refractivity contribution in [2.45, 2.75) is 97.4 Å². The van der Waals surface area contributed by atoms with Crippen molar-refractivity contribution < 1.29 is 28.2 Å². The van der Waals surface area contributed by atoms with E-state index in [1.807, 2.05) is 0 Å². The lowest BCUT2D eigenvalue weighted by molar-refractivity contribution is -0.122. The molecule has 1 aliphatic heterocycles. The number of amides is 2. The third kappa shape index (κ3) is 10.3. The standard InChI is InChI=1S/C28H47N3O6Si2/c1-27(2,3)37-26(33)30(16-12-13-17-36-39(10,11)28(4,5)6)23-15-14-22-25(29-23)31(24(32)20-35-22)21-34-18-19-38(7,8)9/h14-15H,13,17-21H2,1-11H3. The van der Waals surface area contributed by atoms with Crippen LogP contribution in [0.4, 0.5) is 16.4 Å². The third-order valence-corrected chi connectivity index (χ3v) is 12.7. The van der Waals surface area contributed by atoms with Crippen molar-refractivity contribution in [3.05, 3.63) is 12.1 Å². The highest BCUT2D eigenvalue weighted by Gasteiger charge is 2.37. The molecule has 218 valence electrons. The van der Waals surface area contributed by atoms with E-state index in [0.717, 1.165) is 6.04 Å². The normalized spacial score (nSPS) is 14.2. The maximum atomic E-state index is 13.1. The molecule has 39 heavy (non-hydrogen) atoms. The first-order chi connectivity index (χ1) is 17.8. The summed E-state index contributed by atoms with van der Waals surface area (Å²) in [5, 5.41) is 0.0970. The Bertz CT molecular complexity index is 1080. The van der Waals surface area contributed by atoms with Crippen LogP contribution in [0.5, 0.6) is 5.75 Å². The molecule has 2 rings (SSSR count). The lowest BCUT2D eigenvalue weighted by atomic mass is 10.2. The van der Waals surface area contributed by atoms with E-state index in [9.17, 15) is 9.59 Å². The summed E-state index contributed by atoms with van der Waals surface area (Å²) in [6.45, 7) is 24.1. The van der Waals surface area contributed by atoms with E-state index in [1.165, 1.54) is 9.80 Å². The molecular formula is C28H47N3O6Si2. The average molecular weight is 578 g/mol. The first-order valence-electron chi connectivity index (χ1n) is 13.5. The molecular weight excluding hydrogens is 530 g/mol. The van der Waals surface area contributed by atoms with Crippen LogP contribution in [0.3, 0.4) is 0 Å². The van der Waals surface area contributed by atoms with Crippen LogP contribution in [0.15, 0.2) is 12.1 Å². The molecule has 0 aliphatic carbocycles. The van der Waals surface area contributed by atoms with E-state index in [-0.39, 0.29) is 35.9 Å². The zero-order chi connectivity index (χ0) is 29.6. The summed E-state index contributed by atoms with van der Waals surface area (Å²) < 4.78 is 23.2. The second-order valence-corrected chi connectivity index (χ2v) is 23.8. The van der Waals surface area contributed by atoms with Gasteiger partial charge in [0, 0.05) is 33.8 Å². The van der Waals surface area contributed by atoms with Crippen molar-refractivity contribution in [2.75, 3.05) is 36.4 Å². The Hall–Kier alpha value is -2.40. The average Bonchev–Trinajstić information content (AvgIpc) is 2.77. The zero-order valence-corrected chi connectivity index (χ0v) is 27.7. The van der Waals surface area contributed by atoms with Crippen LogP contribution in [0.1, 0.15) is 48.0 Å². The Morgan fingerprint density at radius 2 is 1.77 bits per heavy atom. The van der Waals surface area contributed by atoms with Crippen molar-refractivity contribution >= 4 is 40.0 Å². The number of carbonyl (C=O) groups excluding carboxylic acids is 2. The van der Waals surface area contributed by atoms with E-state index in [0.29, 0.717) is 25.4 Å². The molecule has 0 saturated carbocycles. The van der Waals surface area contributed by atoms with Crippen LogP contribution < -0.4 is 14.5 Å². The van der Waals surface area contributed by atoms with Gasteiger partial charge in [0.1, 0.15) is 12.3 Å². The van der Waals surface area contributed by atoms with E-state index in [1.54, 1.807) is 32.9 Å². The monoisotopic (exact) mass is 577 g/mol. The highest BCUT2D eigenvalue weighted by molar-refractivity contribution is 6.76. The SMILES string of the molecule is CC(C)(C)OC(=O)N(C#CCCO[Si](C)(C)C(C)(C)C)c1ccc2c(n1)N(COCC[Si](C)(C)C)C(=O)CO2. The predicted octanol–water partition coefficient (Wildman–Crippen LogP) is 6.23. The molecule has 0 atom stereocenters. The van der Waals surface area contributed by atoms with Crippen LogP contribution >= 0.6 is 0 Å². The van der Waals surface area contributed by atoms with Gasteiger partial charge in [-0.25, -0.2) is 9.78 Å². The second-order valence-electron chi connectivity index (χ2n) is 13.4. The predicted molar refractivity (Wildman–Crippen MR) is 160 cm³/mol. The molecule has 0 unspecified atom stereocenters. The van der Waals surface area contributed by atoms with Crippen LogP contribution in [-0.4, -0.2) is 65.5 Å². The maximum Gasteiger partial charge on any atom is 0.428 e. The Morgan fingerprint density at radius 1 is 1.10 bits per heavy atom. The summed E-state index contributed by atoms with van der Waals surface area (Å²) in [4.78, 5) is 33.0. The van der Waals surface area contributed by atoms with Crippen LogP contribution in [0.2, 0.25) is 43.8 Å². The zero-order valence-electron chi connectivity index (χ0n) is 25.7. The Labute approximate surface area is 236 Å². The molecule has 11 heteroatoms. The molecule has 1 aromatic rings. The van der Waals surface area contributed by atoms with Gasteiger partial charge < -0.3 is 18.6 Å². The first-order valence-corrected chi connectivity index (χ1v) is 20.1. The van der Waals surface area contributed by atoms with Gasteiger partial charge in [0.05, 0.1) is 0 Å². The highest BCUT2D eigenvalue weighted by atomic mass is 28.4. The van der Waals surface area contributed by atoms with Crippen molar-refractivity contribution in [3.8, 4) is 17.7 Å². The topological polar surface area (TPSA) is 90.4 Å². The molecule has 1 aromatic heterocycles. The minimum atomic E-state index is -1.90. The molecule has 9 nitrogen and oxygen atoms in total. The quantitative estimate of drug-likeness (QED) is 0.149. The smallest absolute Gasteiger partial charge is 0.428 e. The molecule has 0 fully saturated rings. The molecule has 2 heterocycles. The van der Waals surface area contributed by atoms with Gasteiger partial charge in [0.2, 0.25) is 0 Å². The minimum absolute atomic E-state index is 0.0546. The molecule has 1 aliphatic rings. The number of ether oxygens (including phenoxy) is 3. The fraction of sp³-hybridized carbons (Fsp3) is 0.679. The first kappa shape index (κ1) is 32.8. The number of hydrogen-bond acceptors (Lipinski definition) is 7. The fourth-order valence-corrected chi connectivity index (χ4v) is 4.87. The van der Waals surface area contributed by atoms with Crippen LogP contribution in [-0.2, 0) is 18.7 Å². The summed E-state index contributed by atoms with van der Waals surface area (Å²) in [6.07, 6.45) is -0.219. The lowest BCUT2D eigenvalue weighted by Gasteiger charge is -2.35. The van der Waals surface area contributed by atoms with E-state index >= 15 is 0 Å². The van der Waals surface area contributed by atoms with E-state index < -0.39 is 28.1 Å². The molecule has 2 amide bonds. The Kier molecular flexibility index (Phi) is 10.8. The summed E-state index contributed by atoms with van der Waals surface area (Å²) >= 11 is 0. The van der Waals surface area contributed by atoms with Crippen molar-refractivity contribution in [1.29, 1.82) is 0 Å². The van der Waals surface area contributed by atoms with Gasteiger partial charge in [-0.15, -0.1) is 0 Å². The summed E-state index contributed by atoms with van der Waals surface area (Å²) in [6, 6.07) is 7.18. The number of nitrogens with zero attached hydrogens (tertiary/aromatic N) is 3. The van der Waals surface area contributed by atoms with E-state index in [2.05, 4.69) is 70.5 Å². The minimum Gasteiger partial charge on any atom is -0.480 e. The fourth-order valence-electron chi connectivity index (χ4n) is 3.07. The highest BCUT2D eigenvalue weighted by Crippen LogP contribution is 2.36. The van der Waals surface area contributed by atoms with Gasteiger partial charge in [-0.05, 0) is 57.1 Å². The lowest BCUT2D eigenvalue weighted by Crippen LogP contribution is -2.41. The Morgan fingerprint density at radius 3 is 2.36 bits per heavy atom. The van der Waals surface area contributed by atoms with Crippen molar-refractivity contribution in [2.24, 2.45) is 0 Å². The van der Waals surface area contributed by atoms with E-state index in [4.69, 9.17) is 18.6 Å². The molecule has 0 bridgehead atoms. The summed E-state index contributed by atoms with van der Waals surface area (Å²) in [7, 11) is -3.18. The summed E-state index contributed by atoms with van der Waals surface area (Å²) in [5.41, 5.74) is -0.730. The number of aromatic nitrogens is 1. The maximum absolute atomic E-state index is 13.1. The number of rotatable bonds is 9. The second kappa shape index (κ2) is 12.8. The van der Waals surface area contributed by atoms with Gasteiger partial charge in [-0.1, -0.05) is 46.3 Å². The third-order valence-electron chi connectivity index (χ3n) is 6.44. The largest absolute Gasteiger partial charge is 0.480 e. The number of anilines is 2. The van der Waals surface area contributed by atoms with Gasteiger partial charge >= 0.3 is 6.09 Å². The van der Waals surface area contributed by atoms with Gasteiger partial charge in [0.25, 0.3) is 5.91 Å². The molecule has 0 saturated heterocycles. The number of carbonyl (C=O) groups is 2. The molecule has 0 radical (unpaired) electrons. The number of pyridine rings is 1. The van der Waals surface area contributed by atoms with Crippen molar-refractivity contribution in [1.82, 2.24) is 4.98 Å². The number of fused-ring (bicyclic) bond motifs is 1. The molecule has 0 N–H and O–H groups in total. The molecule has 0 aromatic carbocycles. The van der Waals surface area contributed by atoms with Crippen LogP contribution in [0, 0.1) is 12.0 Å². The Balaban J connectivity index is 2.28. The number of hydrogen-bond donors (Lipinski definition) is 0. The summed E-state index contributed by atoms with van der Waals surface area (Å²) in [5.74, 6) is 3.72. The van der Waals surface area contributed by atoms with Crippen LogP contribution in [0.25, 0.3) is 0 Å². The van der Waals surface area contributed by atoms with Gasteiger partial charge in [-0.2, -0.15) is 4.90 Å². The van der Waals surface area contributed by atoms with Gasteiger partial charge in [-0.3, -0.25) is 9.69 Å².